The van der Waals surface area contributed by atoms with Crippen LogP contribution in [0.25, 0.3) is 0 Å². The van der Waals surface area contributed by atoms with Crippen LogP contribution in [0.3, 0.4) is 0 Å². The molecule has 3 aromatic rings. The van der Waals surface area contributed by atoms with E-state index in [2.05, 4.69) is 58.5 Å². The second kappa shape index (κ2) is 5.57. The van der Waals surface area contributed by atoms with E-state index in [9.17, 15) is 8.42 Å². The quantitative estimate of drug-likeness (QED) is 0.525. The van der Waals surface area contributed by atoms with Crippen molar-refractivity contribution >= 4 is 16.2 Å². The fraction of sp³-hybridized carbons (Fsp3) is 0.208. The van der Waals surface area contributed by atoms with Crippen LogP contribution < -0.4 is 4.83 Å². The summed E-state index contributed by atoms with van der Waals surface area (Å²) in [5.74, 6) is 1.01. The van der Waals surface area contributed by atoms with E-state index in [1.54, 1.807) is 24.3 Å². The molecule has 1 fully saturated rings. The Bertz CT molecular complexity index is 1220. The molecule has 29 heavy (non-hydrogen) atoms. The molecule has 0 amide bonds. The number of nitrogens with zero attached hydrogens (tertiary/aromatic N) is 1. The molecule has 0 bridgehead atoms. The van der Waals surface area contributed by atoms with E-state index in [0.29, 0.717) is 11.8 Å². The van der Waals surface area contributed by atoms with E-state index in [1.165, 1.54) is 22.3 Å². The first-order valence-corrected chi connectivity index (χ1v) is 11.3. The Morgan fingerprint density at radius 3 is 1.90 bits per heavy atom. The van der Waals surface area contributed by atoms with Crippen molar-refractivity contribution in [1.82, 2.24) is 4.83 Å². The molecule has 1 N–H and O–H groups in total. The van der Waals surface area contributed by atoms with Crippen molar-refractivity contribution in [2.75, 3.05) is 0 Å². The number of sulfonamides is 1. The summed E-state index contributed by atoms with van der Waals surface area (Å²) in [5, 5.41) is 4.28. The standard InChI is InChI=1S/C24H20N2O2S/c1-15-10-12-16(13-11-15)29(27,28)26-25-14-24-21-17-6-2-4-8-19(17)22(24)23(24)20-9-5-3-7-18(20)21/h2-14,21-23,26H,1H3/b25-14-/t21?,22-,23+,24?. The van der Waals surface area contributed by atoms with Crippen LogP contribution in [0.2, 0.25) is 0 Å². The van der Waals surface area contributed by atoms with Crippen LogP contribution in [-0.4, -0.2) is 14.6 Å². The summed E-state index contributed by atoms with van der Waals surface area (Å²) in [6.07, 6.45) is 1.87. The molecule has 0 heterocycles. The zero-order chi connectivity index (χ0) is 19.8. The first-order valence-electron chi connectivity index (χ1n) is 9.84. The minimum Gasteiger partial charge on any atom is -0.200 e. The molecular weight excluding hydrogens is 380 g/mol. The van der Waals surface area contributed by atoms with Gasteiger partial charge in [0, 0.05) is 29.4 Å². The summed E-state index contributed by atoms with van der Waals surface area (Å²) in [7, 11) is -3.67. The van der Waals surface area contributed by atoms with Crippen LogP contribution in [0.5, 0.6) is 0 Å². The lowest BCUT2D eigenvalue weighted by molar-refractivity contribution is 0.582. The van der Waals surface area contributed by atoms with Gasteiger partial charge in [0.15, 0.2) is 0 Å². The normalized spacial score (nSPS) is 28.1. The fourth-order valence-electron chi connectivity index (χ4n) is 5.72. The Morgan fingerprint density at radius 1 is 0.828 bits per heavy atom. The number of hydrazone groups is 1. The van der Waals surface area contributed by atoms with E-state index in [4.69, 9.17) is 0 Å². The molecule has 4 atom stereocenters. The molecule has 3 aliphatic carbocycles. The second-order valence-corrected chi connectivity index (χ2v) is 9.97. The number of aryl methyl sites for hydroxylation is 1. The number of rotatable bonds is 4. The van der Waals surface area contributed by atoms with Gasteiger partial charge < -0.3 is 0 Å². The average molecular weight is 401 g/mol. The van der Waals surface area contributed by atoms with Crippen LogP contribution in [0.1, 0.15) is 45.6 Å². The molecule has 2 unspecified atom stereocenters. The van der Waals surface area contributed by atoms with E-state index < -0.39 is 10.0 Å². The molecular formula is C24H20N2O2S. The molecule has 0 aromatic heterocycles. The Hall–Kier alpha value is -2.92. The summed E-state index contributed by atoms with van der Waals surface area (Å²) in [6.45, 7) is 1.93. The second-order valence-electron chi connectivity index (χ2n) is 8.31. The zero-order valence-corrected chi connectivity index (χ0v) is 16.7. The SMILES string of the molecule is Cc1ccc(S(=O)(=O)N/N=C\C23C4c5ccccc5[C@@H]2[C@@H]3c2ccccc24)cc1. The summed E-state index contributed by atoms with van der Waals surface area (Å²) in [4.78, 5) is 2.67. The molecule has 1 saturated carbocycles. The van der Waals surface area contributed by atoms with Crippen molar-refractivity contribution in [2.45, 2.75) is 29.6 Å². The van der Waals surface area contributed by atoms with Crippen LogP contribution >= 0.6 is 0 Å². The van der Waals surface area contributed by atoms with Gasteiger partial charge in [-0.05, 0) is 41.3 Å². The molecule has 3 aromatic carbocycles. The summed E-state index contributed by atoms with van der Waals surface area (Å²) >= 11 is 0. The Kier molecular flexibility index (Phi) is 3.26. The highest BCUT2D eigenvalue weighted by Gasteiger charge is 2.77. The summed E-state index contributed by atoms with van der Waals surface area (Å²) in [5.41, 5.74) is 6.34. The van der Waals surface area contributed by atoms with Crippen molar-refractivity contribution in [2.24, 2.45) is 10.5 Å². The average Bonchev–Trinajstić information content (AvgIpc) is 3.21. The van der Waals surface area contributed by atoms with Crippen molar-refractivity contribution in [3.05, 3.63) is 101 Å². The third-order valence-corrected chi connectivity index (χ3v) is 8.12. The van der Waals surface area contributed by atoms with Gasteiger partial charge in [0.25, 0.3) is 10.0 Å². The number of benzene rings is 3. The monoisotopic (exact) mass is 400 g/mol. The fourth-order valence-corrected chi connectivity index (χ4v) is 6.51. The molecule has 0 saturated heterocycles. The highest BCUT2D eigenvalue weighted by atomic mass is 32.2. The van der Waals surface area contributed by atoms with Crippen LogP contribution in [0.15, 0.2) is 82.8 Å². The van der Waals surface area contributed by atoms with E-state index in [-0.39, 0.29) is 16.2 Å². The molecule has 3 aliphatic rings. The van der Waals surface area contributed by atoms with Gasteiger partial charge in [0.1, 0.15) is 0 Å². The molecule has 6 rings (SSSR count). The molecule has 144 valence electrons. The molecule has 0 aliphatic heterocycles. The molecule has 0 radical (unpaired) electrons. The van der Waals surface area contributed by atoms with Gasteiger partial charge in [-0.1, -0.05) is 66.2 Å². The molecule has 4 nitrogen and oxygen atoms in total. The maximum atomic E-state index is 12.6. The van der Waals surface area contributed by atoms with Gasteiger partial charge in [-0.2, -0.15) is 13.5 Å². The lowest BCUT2D eigenvalue weighted by atomic mass is 9.86. The molecule has 5 heteroatoms. The van der Waals surface area contributed by atoms with Crippen molar-refractivity contribution in [3.8, 4) is 0 Å². The number of nitrogens with one attached hydrogen (secondary N) is 1. The minimum atomic E-state index is -3.67. The van der Waals surface area contributed by atoms with Gasteiger partial charge in [-0.15, -0.1) is 0 Å². The smallest absolute Gasteiger partial charge is 0.200 e. The van der Waals surface area contributed by atoms with E-state index in [1.807, 2.05) is 13.1 Å². The Morgan fingerprint density at radius 2 is 1.34 bits per heavy atom. The maximum Gasteiger partial charge on any atom is 0.276 e. The predicted molar refractivity (Wildman–Crippen MR) is 113 cm³/mol. The highest BCUT2D eigenvalue weighted by Crippen LogP contribution is 2.85. The predicted octanol–water partition coefficient (Wildman–Crippen LogP) is 4.29. The van der Waals surface area contributed by atoms with Gasteiger partial charge >= 0.3 is 0 Å². The lowest BCUT2D eigenvalue weighted by Crippen LogP contribution is -2.21. The van der Waals surface area contributed by atoms with Crippen molar-refractivity contribution < 1.29 is 8.42 Å². The minimum absolute atomic E-state index is 0.150. The number of fused-ring (bicyclic) bond motifs is 7. The summed E-state index contributed by atoms with van der Waals surface area (Å²) < 4.78 is 25.3. The van der Waals surface area contributed by atoms with Gasteiger partial charge in [-0.3, -0.25) is 0 Å². The molecule has 0 spiro atoms. The summed E-state index contributed by atoms with van der Waals surface area (Å²) in [6, 6.07) is 24.0. The van der Waals surface area contributed by atoms with Crippen molar-refractivity contribution in [1.29, 1.82) is 0 Å². The topological polar surface area (TPSA) is 58.5 Å². The highest BCUT2D eigenvalue weighted by molar-refractivity contribution is 7.89. The van der Waals surface area contributed by atoms with Gasteiger partial charge in [0.2, 0.25) is 0 Å². The van der Waals surface area contributed by atoms with Crippen LogP contribution in [0, 0.1) is 12.3 Å². The van der Waals surface area contributed by atoms with Crippen LogP contribution in [0.4, 0.5) is 0 Å². The zero-order valence-electron chi connectivity index (χ0n) is 15.9. The Balaban J connectivity index is 1.36. The number of hydrogen-bond donors (Lipinski definition) is 1. The largest absolute Gasteiger partial charge is 0.276 e. The van der Waals surface area contributed by atoms with Gasteiger partial charge in [0.05, 0.1) is 4.90 Å². The first kappa shape index (κ1) is 17.0. The lowest BCUT2D eigenvalue weighted by Gasteiger charge is -2.17. The number of hydrogen-bond acceptors (Lipinski definition) is 3. The first-order chi connectivity index (χ1) is 14.0. The van der Waals surface area contributed by atoms with Gasteiger partial charge in [-0.25, -0.2) is 4.83 Å². The van der Waals surface area contributed by atoms with Crippen molar-refractivity contribution in [3.63, 3.8) is 0 Å². The third-order valence-electron chi connectivity index (χ3n) is 6.88. The Labute approximate surface area is 170 Å². The van der Waals surface area contributed by atoms with E-state index in [0.717, 1.165) is 5.56 Å². The third kappa shape index (κ3) is 2.14. The van der Waals surface area contributed by atoms with E-state index >= 15 is 0 Å². The maximum absolute atomic E-state index is 12.6. The van der Waals surface area contributed by atoms with Crippen LogP contribution in [-0.2, 0) is 10.0 Å².